The molecule has 0 aromatic heterocycles. The minimum Gasteiger partial charge on any atom is -0.493 e. The van der Waals surface area contributed by atoms with E-state index in [1.807, 2.05) is 32.0 Å². The number of aryl methyl sites for hydroxylation is 1. The van der Waals surface area contributed by atoms with Gasteiger partial charge >= 0.3 is 0 Å². The Morgan fingerprint density at radius 2 is 1.58 bits per heavy atom. The number of ether oxygens (including phenoxy) is 3. The van der Waals surface area contributed by atoms with Crippen LogP contribution in [0.2, 0.25) is 0 Å². The Balaban J connectivity index is 1.59. The SMILES string of the molecule is COc1ccc(C(=O)N2CCCN(C(=O)COc3cccc(C)c3C)CC2)cc1OC. The predicted octanol–water partition coefficient (Wildman–Crippen LogP) is 3.07. The lowest BCUT2D eigenvalue weighted by Gasteiger charge is -2.23. The summed E-state index contributed by atoms with van der Waals surface area (Å²) in [6.45, 7) is 6.14. The van der Waals surface area contributed by atoms with Crippen molar-refractivity contribution >= 4 is 11.8 Å². The van der Waals surface area contributed by atoms with Crippen molar-refractivity contribution in [2.24, 2.45) is 0 Å². The van der Waals surface area contributed by atoms with Crippen LogP contribution >= 0.6 is 0 Å². The van der Waals surface area contributed by atoms with Crippen LogP contribution in [-0.4, -0.2) is 68.6 Å². The highest BCUT2D eigenvalue weighted by atomic mass is 16.5. The van der Waals surface area contributed by atoms with Crippen molar-refractivity contribution in [3.8, 4) is 17.2 Å². The Morgan fingerprint density at radius 1 is 0.871 bits per heavy atom. The fourth-order valence-electron chi connectivity index (χ4n) is 3.63. The van der Waals surface area contributed by atoms with Gasteiger partial charge < -0.3 is 24.0 Å². The average Bonchev–Trinajstić information content (AvgIpc) is 3.05. The summed E-state index contributed by atoms with van der Waals surface area (Å²) < 4.78 is 16.3. The zero-order chi connectivity index (χ0) is 22.4. The van der Waals surface area contributed by atoms with Crippen molar-refractivity contribution in [1.29, 1.82) is 0 Å². The van der Waals surface area contributed by atoms with Crippen LogP contribution in [0.15, 0.2) is 36.4 Å². The van der Waals surface area contributed by atoms with Gasteiger partial charge in [0, 0.05) is 31.7 Å². The predicted molar refractivity (Wildman–Crippen MR) is 118 cm³/mol. The van der Waals surface area contributed by atoms with E-state index in [4.69, 9.17) is 14.2 Å². The van der Waals surface area contributed by atoms with E-state index >= 15 is 0 Å². The summed E-state index contributed by atoms with van der Waals surface area (Å²) in [4.78, 5) is 29.2. The zero-order valence-electron chi connectivity index (χ0n) is 18.6. The number of amides is 2. The van der Waals surface area contributed by atoms with Gasteiger partial charge in [-0.2, -0.15) is 0 Å². The van der Waals surface area contributed by atoms with E-state index < -0.39 is 0 Å². The number of methoxy groups -OCH3 is 2. The lowest BCUT2D eigenvalue weighted by Crippen LogP contribution is -2.39. The van der Waals surface area contributed by atoms with Crippen molar-refractivity contribution in [2.75, 3.05) is 47.0 Å². The maximum absolute atomic E-state index is 13.0. The Hall–Kier alpha value is -3.22. The lowest BCUT2D eigenvalue weighted by molar-refractivity contribution is -0.133. The normalized spacial score (nSPS) is 14.1. The molecule has 7 nitrogen and oxygen atoms in total. The molecule has 0 atom stereocenters. The maximum Gasteiger partial charge on any atom is 0.260 e. The van der Waals surface area contributed by atoms with Crippen LogP contribution in [0.1, 0.15) is 27.9 Å². The van der Waals surface area contributed by atoms with Crippen LogP contribution in [0.25, 0.3) is 0 Å². The first-order valence-corrected chi connectivity index (χ1v) is 10.4. The average molecular weight is 427 g/mol. The van der Waals surface area contributed by atoms with Gasteiger partial charge in [-0.25, -0.2) is 0 Å². The van der Waals surface area contributed by atoms with E-state index in [1.165, 1.54) is 0 Å². The van der Waals surface area contributed by atoms with E-state index in [2.05, 4.69) is 0 Å². The van der Waals surface area contributed by atoms with Crippen molar-refractivity contribution in [3.63, 3.8) is 0 Å². The van der Waals surface area contributed by atoms with Gasteiger partial charge in [0.15, 0.2) is 18.1 Å². The van der Waals surface area contributed by atoms with Crippen LogP contribution in [0, 0.1) is 13.8 Å². The summed E-state index contributed by atoms with van der Waals surface area (Å²) in [5.74, 6) is 1.68. The summed E-state index contributed by atoms with van der Waals surface area (Å²) in [5, 5.41) is 0. The third kappa shape index (κ3) is 5.29. The first kappa shape index (κ1) is 22.5. The fraction of sp³-hybridized carbons (Fsp3) is 0.417. The molecule has 0 radical (unpaired) electrons. The third-order valence-electron chi connectivity index (χ3n) is 5.67. The summed E-state index contributed by atoms with van der Waals surface area (Å²) in [7, 11) is 3.10. The van der Waals surface area contributed by atoms with Gasteiger partial charge in [0.2, 0.25) is 0 Å². The van der Waals surface area contributed by atoms with Gasteiger partial charge in [-0.15, -0.1) is 0 Å². The van der Waals surface area contributed by atoms with Gasteiger partial charge in [-0.1, -0.05) is 12.1 Å². The quantitative estimate of drug-likeness (QED) is 0.710. The highest BCUT2D eigenvalue weighted by Gasteiger charge is 2.24. The molecule has 1 aliphatic rings. The molecule has 2 aromatic carbocycles. The van der Waals surface area contributed by atoms with E-state index in [9.17, 15) is 9.59 Å². The van der Waals surface area contributed by atoms with Gasteiger partial charge in [-0.05, 0) is 55.7 Å². The number of rotatable bonds is 6. The molecule has 2 aromatic rings. The second-order valence-electron chi connectivity index (χ2n) is 7.58. The molecule has 1 fully saturated rings. The topological polar surface area (TPSA) is 68.3 Å². The Morgan fingerprint density at radius 3 is 2.32 bits per heavy atom. The van der Waals surface area contributed by atoms with Crippen molar-refractivity contribution in [3.05, 3.63) is 53.1 Å². The molecular weight excluding hydrogens is 396 g/mol. The minimum absolute atomic E-state index is 0.00603. The van der Waals surface area contributed by atoms with E-state index in [0.717, 1.165) is 16.9 Å². The molecule has 7 heteroatoms. The summed E-state index contributed by atoms with van der Waals surface area (Å²) in [6.07, 6.45) is 0.717. The molecule has 0 aliphatic carbocycles. The van der Waals surface area contributed by atoms with Crippen LogP contribution < -0.4 is 14.2 Å². The summed E-state index contributed by atoms with van der Waals surface area (Å²) in [6, 6.07) is 11.0. The maximum atomic E-state index is 13.0. The first-order chi connectivity index (χ1) is 14.9. The molecule has 1 aliphatic heterocycles. The standard InChI is InChI=1S/C24H30N2O5/c1-17-7-5-8-20(18(17)2)31-16-23(27)25-11-6-12-26(14-13-25)24(28)19-9-10-21(29-3)22(15-19)30-4/h5,7-10,15H,6,11-14,16H2,1-4H3. The smallest absolute Gasteiger partial charge is 0.260 e. The molecule has 0 saturated carbocycles. The second kappa shape index (κ2) is 10.2. The number of benzene rings is 2. The molecule has 2 amide bonds. The highest BCUT2D eigenvalue weighted by Crippen LogP contribution is 2.28. The molecule has 0 bridgehead atoms. The molecule has 1 saturated heterocycles. The van der Waals surface area contributed by atoms with E-state index in [0.29, 0.717) is 49.7 Å². The van der Waals surface area contributed by atoms with Crippen LogP contribution in [0.5, 0.6) is 17.2 Å². The number of carbonyl (C=O) groups is 2. The number of hydrogen-bond donors (Lipinski definition) is 0. The molecule has 31 heavy (non-hydrogen) atoms. The second-order valence-corrected chi connectivity index (χ2v) is 7.58. The molecule has 0 unspecified atom stereocenters. The third-order valence-corrected chi connectivity index (χ3v) is 5.67. The van der Waals surface area contributed by atoms with Crippen LogP contribution in [-0.2, 0) is 4.79 Å². The first-order valence-electron chi connectivity index (χ1n) is 10.4. The van der Waals surface area contributed by atoms with E-state index in [1.54, 1.807) is 42.2 Å². The van der Waals surface area contributed by atoms with Crippen molar-refractivity contribution in [2.45, 2.75) is 20.3 Å². The molecule has 0 N–H and O–H groups in total. The number of nitrogens with zero attached hydrogens (tertiary/aromatic N) is 2. The summed E-state index contributed by atoms with van der Waals surface area (Å²) in [5.41, 5.74) is 2.71. The van der Waals surface area contributed by atoms with Crippen LogP contribution in [0.3, 0.4) is 0 Å². The van der Waals surface area contributed by atoms with Gasteiger partial charge in [-0.3, -0.25) is 9.59 Å². The summed E-state index contributed by atoms with van der Waals surface area (Å²) >= 11 is 0. The number of carbonyl (C=O) groups excluding carboxylic acids is 2. The molecule has 3 rings (SSSR count). The highest BCUT2D eigenvalue weighted by molar-refractivity contribution is 5.95. The van der Waals surface area contributed by atoms with Gasteiger partial charge in [0.05, 0.1) is 14.2 Å². The molecular formula is C24H30N2O5. The fourth-order valence-corrected chi connectivity index (χ4v) is 3.63. The Kier molecular flexibility index (Phi) is 7.39. The molecule has 0 spiro atoms. The molecule has 166 valence electrons. The van der Waals surface area contributed by atoms with Crippen molar-refractivity contribution in [1.82, 2.24) is 9.80 Å². The lowest BCUT2D eigenvalue weighted by atomic mass is 10.1. The monoisotopic (exact) mass is 426 g/mol. The van der Waals surface area contributed by atoms with E-state index in [-0.39, 0.29) is 18.4 Å². The zero-order valence-corrected chi connectivity index (χ0v) is 18.6. The van der Waals surface area contributed by atoms with Gasteiger partial charge in [0.1, 0.15) is 5.75 Å². The van der Waals surface area contributed by atoms with Gasteiger partial charge in [0.25, 0.3) is 11.8 Å². The van der Waals surface area contributed by atoms with Crippen LogP contribution in [0.4, 0.5) is 0 Å². The molecule has 1 heterocycles. The largest absolute Gasteiger partial charge is 0.493 e. The number of hydrogen-bond acceptors (Lipinski definition) is 5. The Bertz CT molecular complexity index is 944. The minimum atomic E-state index is -0.0816. The van der Waals surface area contributed by atoms with Crippen molar-refractivity contribution < 1.29 is 23.8 Å². The Labute approximate surface area is 183 Å².